The van der Waals surface area contributed by atoms with E-state index in [-0.39, 0.29) is 0 Å². The van der Waals surface area contributed by atoms with Crippen molar-refractivity contribution in [1.29, 1.82) is 0 Å². The minimum Gasteiger partial charge on any atom is -0.304 e. The van der Waals surface area contributed by atoms with E-state index in [9.17, 15) is 4.57 Å². The SMILES string of the molecule is CCCCO[P](=O)CCCC. The van der Waals surface area contributed by atoms with Crippen LogP contribution in [0.15, 0.2) is 0 Å². The Hall–Kier alpha value is 0.0600. The van der Waals surface area contributed by atoms with Gasteiger partial charge in [0, 0.05) is 6.16 Å². The third kappa shape index (κ3) is 7.96. The van der Waals surface area contributed by atoms with Crippen molar-refractivity contribution in [3.05, 3.63) is 0 Å². The zero-order chi connectivity index (χ0) is 8.53. The van der Waals surface area contributed by atoms with Gasteiger partial charge in [-0.3, -0.25) is 4.57 Å². The first-order chi connectivity index (χ1) is 5.31. The third-order valence-corrected chi connectivity index (χ3v) is 2.58. The van der Waals surface area contributed by atoms with Gasteiger partial charge in [0.1, 0.15) is 0 Å². The molecule has 1 radical (unpaired) electrons. The Morgan fingerprint density at radius 2 is 1.82 bits per heavy atom. The first-order valence-electron chi connectivity index (χ1n) is 4.38. The molecule has 0 aliphatic rings. The molecule has 0 fully saturated rings. The Balaban J connectivity index is 3.09. The van der Waals surface area contributed by atoms with Crippen molar-refractivity contribution < 1.29 is 9.09 Å². The average Bonchev–Trinajstić information content (AvgIpc) is 2.01. The molecule has 11 heavy (non-hydrogen) atoms. The minimum atomic E-state index is -1.35. The molecule has 1 unspecified atom stereocenters. The maximum Gasteiger partial charge on any atom is 0.212 e. The zero-order valence-corrected chi connectivity index (χ0v) is 8.40. The van der Waals surface area contributed by atoms with E-state index in [1.807, 2.05) is 0 Å². The van der Waals surface area contributed by atoms with Gasteiger partial charge in [0.05, 0.1) is 6.61 Å². The number of unbranched alkanes of at least 4 members (excludes halogenated alkanes) is 2. The van der Waals surface area contributed by atoms with Crippen molar-refractivity contribution in [3.63, 3.8) is 0 Å². The summed E-state index contributed by atoms with van der Waals surface area (Å²) >= 11 is 0. The first kappa shape index (κ1) is 11.1. The highest BCUT2D eigenvalue weighted by Gasteiger charge is 1.98. The van der Waals surface area contributed by atoms with E-state index in [0.29, 0.717) is 6.61 Å². The molecule has 0 aliphatic carbocycles. The van der Waals surface area contributed by atoms with Crippen LogP contribution in [-0.2, 0) is 9.09 Å². The summed E-state index contributed by atoms with van der Waals surface area (Å²) in [5.41, 5.74) is 0. The maximum atomic E-state index is 11.0. The highest BCUT2D eigenvalue weighted by Crippen LogP contribution is 2.23. The fourth-order valence-electron chi connectivity index (χ4n) is 0.662. The van der Waals surface area contributed by atoms with E-state index in [4.69, 9.17) is 4.52 Å². The second-order valence-corrected chi connectivity index (χ2v) is 3.97. The van der Waals surface area contributed by atoms with E-state index in [1.54, 1.807) is 0 Å². The second kappa shape index (κ2) is 8.16. The van der Waals surface area contributed by atoms with Gasteiger partial charge in [-0.15, -0.1) is 0 Å². The quantitative estimate of drug-likeness (QED) is 0.440. The molecule has 0 rings (SSSR count). The standard InChI is InChI=1S/C8H18O2P/c1-3-5-7-10-11(9)8-6-4-2/h3-8H2,1-2H3. The van der Waals surface area contributed by atoms with Crippen LogP contribution in [0.25, 0.3) is 0 Å². The van der Waals surface area contributed by atoms with Crippen molar-refractivity contribution >= 4 is 8.03 Å². The highest BCUT2D eigenvalue weighted by atomic mass is 31.1. The zero-order valence-electron chi connectivity index (χ0n) is 7.51. The predicted molar refractivity (Wildman–Crippen MR) is 48.2 cm³/mol. The molecule has 0 aliphatic heterocycles. The van der Waals surface area contributed by atoms with Gasteiger partial charge in [-0.25, -0.2) is 0 Å². The summed E-state index contributed by atoms with van der Waals surface area (Å²) < 4.78 is 16.1. The first-order valence-corrected chi connectivity index (χ1v) is 5.75. The molecule has 3 heteroatoms. The summed E-state index contributed by atoms with van der Waals surface area (Å²) in [6.07, 6.45) is 4.97. The highest BCUT2D eigenvalue weighted by molar-refractivity contribution is 7.39. The summed E-state index contributed by atoms with van der Waals surface area (Å²) in [5, 5.41) is 0. The van der Waals surface area contributed by atoms with Crippen LogP contribution in [0.2, 0.25) is 0 Å². The molecule has 0 aromatic heterocycles. The van der Waals surface area contributed by atoms with Crippen molar-refractivity contribution in [2.75, 3.05) is 12.8 Å². The Morgan fingerprint density at radius 3 is 2.36 bits per heavy atom. The Labute approximate surface area is 70.2 Å². The summed E-state index contributed by atoms with van der Waals surface area (Å²) in [6.45, 7) is 4.85. The molecule has 0 saturated heterocycles. The maximum absolute atomic E-state index is 11.0. The Morgan fingerprint density at radius 1 is 1.18 bits per heavy atom. The van der Waals surface area contributed by atoms with Gasteiger partial charge >= 0.3 is 0 Å². The smallest absolute Gasteiger partial charge is 0.212 e. The molecule has 0 saturated carbocycles. The molecular weight excluding hydrogens is 159 g/mol. The van der Waals surface area contributed by atoms with E-state index < -0.39 is 8.03 Å². The van der Waals surface area contributed by atoms with Crippen molar-refractivity contribution in [1.82, 2.24) is 0 Å². The molecule has 0 aromatic rings. The second-order valence-electron chi connectivity index (χ2n) is 2.60. The molecule has 0 heterocycles. The molecule has 2 nitrogen and oxygen atoms in total. The van der Waals surface area contributed by atoms with Crippen LogP contribution in [0.5, 0.6) is 0 Å². The van der Waals surface area contributed by atoms with Gasteiger partial charge in [0.15, 0.2) is 0 Å². The molecule has 1 atom stereocenters. The molecule has 67 valence electrons. The van der Waals surface area contributed by atoms with Crippen LogP contribution in [0.4, 0.5) is 0 Å². The van der Waals surface area contributed by atoms with Crippen LogP contribution in [0.1, 0.15) is 39.5 Å². The van der Waals surface area contributed by atoms with Crippen LogP contribution in [0.3, 0.4) is 0 Å². The topological polar surface area (TPSA) is 26.3 Å². The van der Waals surface area contributed by atoms with Crippen LogP contribution in [-0.4, -0.2) is 12.8 Å². The molecule has 0 aromatic carbocycles. The van der Waals surface area contributed by atoms with Gasteiger partial charge in [-0.05, 0) is 12.8 Å². The lowest BCUT2D eigenvalue weighted by molar-refractivity contribution is 0.320. The van der Waals surface area contributed by atoms with Crippen LogP contribution >= 0.6 is 8.03 Å². The summed E-state index contributed by atoms with van der Waals surface area (Å²) in [6, 6.07) is 0. The Bertz CT molecular complexity index is 104. The van der Waals surface area contributed by atoms with Crippen LogP contribution in [0, 0.1) is 0 Å². The predicted octanol–water partition coefficient (Wildman–Crippen LogP) is 3.35. The minimum absolute atomic E-state index is 0.662. The van der Waals surface area contributed by atoms with E-state index in [2.05, 4.69) is 13.8 Å². The van der Waals surface area contributed by atoms with Gasteiger partial charge in [0.2, 0.25) is 8.03 Å². The molecular formula is C8H18O2P. The monoisotopic (exact) mass is 177 g/mol. The largest absolute Gasteiger partial charge is 0.304 e. The van der Waals surface area contributed by atoms with Crippen molar-refractivity contribution in [2.45, 2.75) is 39.5 Å². The van der Waals surface area contributed by atoms with Crippen LogP contribution < -0.4 is 0 Å². The van der Waals surface area contributed by atoms with E-state index >= 15 is 0 Å². The molecule has 0 amide bonds. The lowest BCUT2D eigenvalue weighted by Crippen LogP contribution is -1.87. The van der Waals surface area contributed by atoms with Crippen molar-refractivity contribution in [2.24, 2.45) is 0 Å². The summed E-state index contributed by atoms with van der Waals surface area (Å²) in [7, 11) is -1.35. The lowest BCUT2D eigenvalue weighted by atomic mass is 10.4. The molecule has 0 spiro atoms. The van der Waals surface area contributed by atoms with Gasteiger partial charge < -0.3 is 4.52 Å². The normalized spacial score (nSPS) is 11.6. The van der Waals surface area contributed by atoms with Gasteiger partial charge in [0.25, 0.3) is 0 Å². The molecule has 0 N–H and O–H groups in total. The number of rotatable bonds is 7. The Kier molecular flexibility index (Phi) is 8.20. The number of hydrogen-bond acceptors (Lipinski definition) is 2. The third-order valence-electron chi connectivity index (χ3n) is 1.43. The fourth-order valence-corrected chi connectivity index (χ4v) is 1.70. The molecule has 0 bridgehead atoms. The van der Waals surface area contributed by atoms with Gasteiger partial charge in [-0.2, -0.15) is 0 Å². The van der Waals surface area contributed by atoms with E-state index in [1.165, 1.54) is 0 Å². The lowest BCUT2D eigenvalue weighted by Gasteiger charge is -1.99. The number of hydrogen-bond donors (Lipinski definition) is 0. The fraction of sp³-hybridized carbons (Fsp3) is 1.00. The van der Waals surface area contributed by atoms with E-state index in [0.717, 1.165) is 31.8 Å². The summed E-state index contributed by atoms with van der Waals surface area (Å²) in [5.74, 6) is 0. The average molecular weight is 177 g/mol. The summed E-state index contributed by atoms with van der Waals surface area (Å²) in [4.78, 5) is 0. The van der Waals surface area contributed by atoms with Gasteiger partial charge in [-0.1, -0.05) is 26.7 Å². The van der Waals surface area contributed by atoms with Crippen molar-refractivity contribution in [3.8, 4) is 0 Å².